The number of unbranched alkanes of at least 4 members (excludes halogenated alkanes) is 1. The molecule has 0 radical (unpaired) electrons. The first-order valence-electron chi connectivity index (χ1n) is 15.9. The summed E-state index contributed by atoms with van der Waals surface area (Å²) in [5.74, 6) is 0.359. The predicted molar refractivity (Wildman–Crippen MR) is 161 cm³/mol. The molecule has 2 saturated heterocycles. The van der Waals surface area contributed by atoms with Crippen LogP contribution in [0.4, 0.5) is 0 Å². The average molecular weight is 578 g/mol. The SMILES string of the molecule is CCCCN1C(=O)C(CC2CCCCC2)NC(=O)C12CCN(Cc1c(C)nn(-c3ccc(C(=O)OC)cc3)c1C)CC2. The van der Waals surface area contributed by atoms with Gasteiger partial charge in [-0.25, -0.2) is 9.48 Å². The standard InChI is InChI=1S/C33H47N5O4/c1-5-6-18-37-30(39)29(21-25-10-8-7-9-11-25)34-32(41)33(37)16-19-36(20-17-33)22-28-23(2)35-38(24(28)3)27-14-12-26(13-15-27)31(40)42-4/h12-15,25,29H,5-11,16-22H2,1-4H3,(H,34,41). The zero-order valence-corrected chi connectivity index (χ0v) is 25.8. The number of nitrogens with one attached hydrogen (secondary N) is 1. The number of aromatic nitrogens is 2. The minimum atomic E-state index is -0.749. The van der Waals surface area contributed by atoms with Crippen LogP contribution < -0.4 is 5.32 Å². The van der Waals surface area contributed by atoms with E-state index in [9.17, 15) is 14.4 Å². The van der Waals surface area contributed by atoms with E-state index < -0.39 is 5.54 Å². The number of amides is 2. The van der Waals surface area contributed by atoms with Crippen molar-refractivity contribution in [3.63, 3.8) is 0 Å². The Bertz CT molecular complexity index is 1270. The lowest BCUT2D eigenvalue weighted by atomic mass is 9.79. The molecule has 1 atom stereocenters. The number of nitrogens with zero attached hydrogens (tertiary/aromatic N) is 4. The van der Waals surface area contributed by atoms with Crippen LogP contribution in [0.2, 0.25) is 0 Å². The fourth-order valence-corrected chi connectivity index (χ4v) is 7.25. The predicted octanol–water partition coefficient (Wildman–Crippen LogP) is 4.71. The molecule has 1 spiro atoms. The molecule has 2 aliphatic heterocycles. The van der Waals surface area contributed by atoms with E-state index in [0.29, 0.717) is 30.9 Å². The topological polar surface area (TPSA) is 96.8 Å². The van der Waals surface area contributed by atoms with Crippen LogP contribution in [0.25, 0.3) is 5.69 Å². The maximum Gasteiger partial charge on any atom is 0.337 e. The highest BCUT2D eigenvalue weighted by molar-refractivity contribution is 6.00. The maximum atomic E-state index is 13.9. The number of carbonyl (C=O) groups is 3. The van der Waals surface area contributed by atoms with Crippen LogP contribution in [0.5, 0.6) is 0 Å². The monoisotopic (exact) mass is 577 g/mol. The number of esters is 1. The summed E-state index contributed by atoms with van der Waals surface area (Å²) < 4.78 is 6.74. The third-order valence-corrected chi connectivity index (χ3v) is 9.88. The molecular formula is C33H47N5O4. The first-order valence-corrected chi connectivity index (χ1v) is 15.9. The number of methoxy groups -OCH3 is 1. The molecule has 3 fully saturated rings. The number of ether oxygens (including phenoxy) is 1. The summed E-state index contributed by atoms with van der Waals surface area (Å²) >= 11 is 0. The number of piperidine rings is 1. The molecule has 1 unspecified atom stereocenters. The van der Waals surface area contributed by atoms with E-state index in [4.69, 9.17) is 9.84 Å². The van der Waals surface area contributed by atoms with E-state index in [-0.39, 0.29) is 23.8 Å². The van der Waals surface area contributed by atoms with Crippen LogP contribution in [0.15, 0.2) is 24.3 Å². The van der Waals surface area contributed by atoms with Gasteiger partial charge in [-0.3, -0.25) is 14.5 Å². The van der Waals surface area contributed by atoms with E-state index in [1.165, 1.54) is 44.8 Å². The highest BCUT2D eigenvalue weighted by atomic mass is 16.5. The summed E-state index contributed by atoms with van der Waals surface area (Å²) in [5.41, 5.74) is 3.83. The summed E-state index contributed by atoms with van der Waals surface area (Å²) in [5, 5.41) is 8.01. The van der Waals surface area contributed by atoms with E-state index in [2.05, 4.69) is 24.1 Å². The highest BCUT2D eigenvalue weighted by Crippen LogP contribution is 2.36. The third-order valence-electron chi connectivity index (χ3n) is 9.88. The lowest BCUT2D eigenvalue weighted by molar-refractivity contribution is -0.162. The van der Waals surface area contributed by atoms with Gasteiger partial charge in [0.1, 0.15) is 11.6 Å². The molecule has 1 N–H and O–H groups in total. The molecule has 0 bridgehead atoms. The minimum absolute atomic E-state index is 0.0502. The summed E-state index contributed by atoms with van der Waals surface area (Å²) in [6.45, 7) is 9.12. The van der Waals surface area contributed by atoms with Crippen molar-refractivity contribution >= 4 is 17.8 Å². The molecule has 42 heavy (non-hydrogen) atoms. The number of hydrogen-bond acceptors (Lipinski definition) is 6. The van der Waals surface area contributed by atoms with Crippen molar-refractivity contribution in [1.82, 2.24) is 24.9 Å². The van der Waals surface area contributed by atoms with Gasteiger partial charge in [-0.15, -0.1) is 0 Å². The zero-order valence-electron chi connectivity index (χ0n) is 25.8. The average Bonchev–Trinajstić information content (AvgIpc) is 3.29. The first kappa shape index (κ1) is 30.3. The molecule has 3 aliphatic rings. The zero-order chi connectivity index (χ0) is 29.9. The van der Waals surface area contributed by atoms with Crippen LogP contribution in [-0.4, -0.2) is 75.7 Å². The number of likely N-dealkylation sites (tertiary alicyclic amines) is 1. The molecule has 2 amide bonds. The molecule has 1 aromatic heterocycles. The number of aryl methyl sites for hydroxylation is 1. The van der Waals surface area contributed by atoms with Gasteiger partial charge in [0.25, 0.3) is 0 Å². The summed E-state index contributed by atoms with van der Waals surface area (Å²) in [7, 11) is 1.38. The summed E-state index contributed by atoms with van der Waals surface area (Å²) in [6, 6.07) is 6.89. The van der Waals surface area contributed by atoms with Gasteiger partial charge >= 0.3 is 5.97 Å². The number of carbonyl (C=O) groups excluding carboxylic acids is 3. The number of rotatable bonds is 9. The molecule has 5 rings (SSSR count). The molecule has 1 aromatic carbocycles. The van der Waals surface area contributed by atoms with Crippen molar-refractivity contribution in [2.45, 2.75) is 103 Å². The Morgan fingerprint density at radius 2 is 1.76 bits per heavy atom. The number of piperazine rings is 1. The molecule has 9 nitrogen and oxygen atoms in total. The van der Waals surface area contributed by atoms with Crippen LogP contribution in [0.1, 0.15) is 98.4 Å². The fraction of sp³-hybridized carbons (Fsp3) is 0.636. The molecule has 1 saturated carbocycles. The van der Waals surface area contributed by atoms with Gasteiger partial charge < -0.3 is 15.0 Å². The quantitative estimate of drug-likeness (QED) is 0.434. The van der Waals surface area contributed by atoms with E-state index >= 15 is 0 Å². The van der Waals surface area contributed by atoms with Crippen molar-refractivity contribution in [2.24, 2.45) is 5.92 Å². The maximum absolute atomic E-state index is 13.9. The Morgan fingerprint density at radius 3 is 2.40 bits per heavy atom. The third kappa shape index (κ3) is 5.98. The largest absolute Gasteiger partial charge is 0.465 e. The van der Waals surface area contributed by atoms with Gasteiger partial charge in [0.05, 0.1) is 24.1 Å². The van der Waals surface area contributed by atoms with Crippen molar-refractivity contribution in [2.75, 3.05) is 26.7 Å². The molecule has 1 aliphatic carbocycles. The van der Waals surface area contributed by atoms with Gasteiger partial charge in [-0.05, 0) is 69.7 Å². The van der Waals surface area contributed by atoms with Crippen molar-refractivity contribution in [3.05, 3.63) is 46.8 Å². The molecule has 3 heterocycles. The van der Waals surface area contributed by atoms with Crippen LogP contribution in [0.3, 0.4) is 0 Å². The second-order valence-corrected chi connectivity index (χ2v) is 12.5. The Hall–Kier alpha value is -3.20. The minimum Gasteiger partial charge on any atom is -0.465 e. The van der Waals surface area contributed by atoms with Gasteiger partial charge in [0.15, 0.2) is 0 Å². The normalized spacial score (nSPS) is 21.5. The Kier molecular flexibility index (Phi) is 9.35. The van der Waals surface area contributed by atoms with Crippen molar-refractivity contribution in [1.29, 1.82) is 0 Å². The van der Waals surface area contributed by atoms with Crippen molar-refractivity contribution in [3.8, 4) is 5.69 Å². The second kappa shape index (κ2) is 13.0. The van der Waals surface area contributed by atoms with Crippen LogP contribution in [0, 0.1) is 19.8 Å². The van der Waals surface area contributed by atoms with Gasteiger partial charge in [-0.2, -0.15) is 5.10 Å². The smallest absolute Gasteiger partial charge is 0.337 e. The number of hydrogen-bond donors (Lipinski definition) is 1. The summed E-state index contributed by atoms with van der Waals surface area (Å²) in [4.78, 5) is 43.9. The molecule has 228 valence electrons. The summed E-state index contributed by atoms with van der Waals surface area (Å²) in [6.07, 6.45) is 10.1. The number of benzene rings is 1. The molecular weight excluding hydrogens is 530 g/mol. The molecule has 2 aromatic rings. The van der Waals surface area contributed by atoms with E-state index in [0.717, 1.165) is 56.0 Å². The van der Waals surface area contributed by atoms with Gasteiger partial charge in [0.2, 0.25) is 11.8 Å². The van der Waals surface area contributed by atoms with Crippen LogP contribution in [-0.2, 0) is 20.9 Å². The molecule has 9 heteroatoms. The Balaban J connectivity index is 1.27. The van der Waals surface area contributed by atoms with Gasteiger partial charge in [-0.1, -0.05) is 45.4 Å². The van der Waals surface area contributed by atoms with E-state index in [1.807, 2.05) is 28.6 Å². The van der Waals surface area contributed by atoms with Crippen LogP contribution >= 0.6 is 0 Å². The Labute approximate surface area is 250 Å². The van der Waals surface area contributed by atoms with Gasteiger partial charge in [0, 0.05) is 37.4 Å². The first-order chi connectivity index (χ1) is 20.3. The Morgan fingerprint density at radius 1 is 1.07 bits per heavy atom. The fourth-order valence-electron chi connectivity index (χ4n) is 7.25. The van der Waals surface area contributed by atoms with Crippen molar-refractivity contribution < 1.29 is 19.1 Å². The highest BCUT2D eigenvalue weighted by Gasteiger charge is 2.53. The second-order valence-electron chi connectivity index (χ2n) is 12.5. The van der Waals surface area contributed by atoms with E-state index in [1.54, 1.807) is 12.1 Å². The lowest BCUT2D eigenvalue weighted by Gasteiger charge is -2.52. The lowest BCUT2D eigenvalue weighted by Crippen LogP contribution is -2.73.